The van der Waals surface area contributed by atoms with E-state index in [1.807, 2.05) is 17.8 Å². The molecule has 0 bridgehead atoms. The van der Waals surface area contributed by atoms with Gasteiger partial charge >= 0.3 is 0 Å². The summed E-state index contributed by atoms with van der Waals surface area (Å²) in [7, 11) is 0. The van der Waals surface area contributed by atoms with Gasteiger partial charge in [-0.05, 0) is 61.1 Å². The molecule has 2 N–H and O–H groups in total. The lowest BCUT2D eigenvalue weighted by Crippen LogP contribution is -2.22. The average molecular weight is 362 g/mol. The van der Waals surface area contributed by atoms with Crippen LogP contribution in [0.4, 0.5) is 0 Å². The van der Waals surface area contributed by atoms with Crippen molar-refractivity contribution in [2.45, 2.75) is 42.4 Å². The van der Waals surface area contributed by atoms with E-state index >= 15 is 0 Å². The zero-order valence-corrected chi connectivity index (χ0v) is 14.6. The highest BCUT2D eigenvalue weighted by atomic mass is 79.9. The minimum atomic E-state index is 0.0990. The zero-order chi connectivity index (χ0) is 14.8. The third-order valence-electron chi connectivity index (χ3n) is 4.02. The van der Waals surface area contributed by atoms with Gasteiger partial charge in [0.2, 0.25) is 0 Å². The van der Waals surface area contributed by atoms with Crippen LogP contribution in [0.15, 0.2) is 51.8 Å². The molecule has 0 aliphatic heterocycles. The first kappa shape index (κ1) is 15.1. The van der Waals surface area contributed by atoms with Gasteiger partial charge in [-0.15, -0.1) is 11.8 Å². The molecule has 1 aliphatic carbocycles. The van der Waals surface area contributed by atoms with E-state index in [1.165, 1.54) is 40.8 Å². The third-order valence-corrected chi connectivity index (χ3v) is 6.21. The number of nitrogens with two attached hydrogens (primary N) is 1. The van der Waals surface area contributed by atoms with Gasteiger partial charge in [0.1, 0.15) is 0 Å². The lowest BCUT2D eigenvalue weighted by molar-refractivity contribution is 0.719. The standard InChI is InChI=1S/C18H20BrNS/c1-12(20)18(16-7-2-3-8-17(16)19)21-15-10-9-13-5-4-6-14(13)11-15/h2-3,7-12,18H,4-6,20H2,1H3. The van der Waals surface area contributed by atoms with E-state index in [9.17, 15) is 0 Å². The van der Waals surface area contributed by atoms with Gasteiger partial charge < -0.3 is 5.73 Å². The molecule has 0 aromatic heterocycles. The fraction of sp³-hybridized carbons (Fsp3) is 0.333. The summed E-state index contributed by atoms with van der Waals surface area (Å²) >= 11 is 5.53. The molecule has 3 rings (SSSR count). The molecule has 0 fully saturated rings. The number of aryl methyl sites for hydroxylation is 2. The molecule has 0 amide bonds. The molecular weight excluding hydrogens is 342 g/mol. The second kappa shape index (κ2) is 6.55. The Kier molecular flexibility index (Phi) is 4.72. The van der Waals surface area contributed by atoms with Crippen LogP contribution in [0.25, 0.3) is 0 Å². The van der Waals surface area contributed by atoms with Crippen LogP contribution in [0.3, 0.4) is 0 Å². The minimum Gasteiger partial charge on any atom is -0.327 e. The van der Waals surface area contributed by atoms with Gasteiger partial charge in [-0.3, -0.25) is 0 Å². The van der Waals surface area contributed by atoms with Crippen molar-refractivity contribution in [1.82, 2.24) is 0 Å². The van der Waals surface area contributed by atoms with E-state index in [1.54, 1.807) is 0 Å². The maximum absolute atomic E-state index is 6.26. The fourth-order valence-corrected chi connectivity index (χ4v) is 4.81. The zero-order valence-electron chi connectivity index (χ0n) is 12.2. The molecule has 0 saturated heterocycles. The Morgan fingerprint density at radius 2 is 1.86 bits per heavy atom. The quantitative estimate of drug-likeness (QED) is 0.764. The number of benzene rings is 2. The van der Waals surface area contributed by atoms with E-state index in [2.05, 4.69) is 59.3 Å². The number of hydrogen-bond donors (Lipinski definition) is 1. The number of hydrogen-bond acceptors (Lipinski definition) is 2. The van der Waals surface area contributed by atoms with Crippen molar-refractivity contribution in [2.24, 2.45) is 5.73 Å². The van der Waals surface area contributed by atoms with Crippen molar-refractivity contribution >= 4 is 27.7 Å². The van der Waals surface area contributed by atoms with E-state index in [0.29, 0.717) is 0 Å². The number of thioether (sulfide) groups is 1. The maximum Gasteiger partial charge on any atom is 0.0504 e. The summed E-state index contributed by atoms with van der Waals surface area (Å²) in [6, 6.07) is 15.4. The van der Waals surface area contributed by atoms with Crippen LogP contribution >= 0.6 is 27.7 Å². The first-order valence-electron chi connectivity index (χ1n) is 7.43. The molecule has 110 valence electrons. The van der Waals surface area contributed by atoms with Crippen molar-refractivity contribution in [3.05, 3.63) is 63.6 Å². The van der Waals surface area contributed by atoms with Crippen LogP contribution in [0.1, 0.15) is 35.3 Å². The monoisotopic (exact) mass is 361 g/mol. The lowest BCUT2D eigenvalue weighted by Gasteiger charge is -2.22. The Bertz CT molecular complexity index is 639. The molecule has 2 aromatic carbocycles. The topological polar surface area (TPSA) is 26.0 Å². The normalized spacial score (nSPS) is 16.5. The van der Waals surface area contributed by atoms with Crippen molar-refractivity contribution in [3.63, 3.8) is 0 Å². The highest BCUT2D eigenvalue weighted by Crippen LogP contribution is 2.41. The summed E-state index contributed by atoms with van der Waals surface area (Å²) in [4.78, 5) is 1.33. The highest BCUT2D eigenvalue weighted by molar-refractivity contribution is 9.10. The number of rotatable bonds is 4. The van der Waals surface area contributed by atoms with Crippen LogP contribution in [-0.4, -0.2) is 6.04 Å². The van der Waals surface area contributed by atoms with Crippen molar-refractivity contribution in [2.75, 3.05) is 0 Å². The van der Waals surface area contributed by atoms with E-state index in [-0.39, 0.29) is 11.3 Å². The molecule has 0 saturated carbocycles. The number of halogens is 1. The van der Waals surface area contributed by atoms with Gasteiger partial charge in [-0.2, -0.15) is 0 Å². The van der Waals surface area contributed by atoms with E-state index in [4.69, 9.17) is 5.73 Å². The molecule has 2 atom stereocenters. The Morgan fingerprint density at radius 1 is 1.10 bits per heavy atom. The largest absolute Gasteiger partial charge is 0.327 e. The van der Waals surface area contributed by atoms with Gasteiger partial charge in [0.25, 0.3) is 0 Å². The van der Waals surface area contributed by atoms with Crippen LogP contribution in [-0.2, 0) is 12.8 Å². The van der Waals surface area contributed by atoms with Crippen molar-refractivity contribution in [3.8, 4) is 0 Å². The third kappa shape index (κ3) is 3.36. The van der Waals surface area contributed by atoms with Crippen molar-refractivity contribution in [1.29, 1.82) is 0 Å². The smallest absolute Gasteiger partial charge is 0.0504 e. The fourth-order valence-electron chi connectivity index (χ4n) is 2.93. The van der Waals surface area contributed by atoms with Crippen LogP contribution in [0, 0.1) is 0 Å². The maximum atomic E-state index is 6.26. The Balaban J connectivity index is 1.88. The molecule has 0 heterocycles. The molecule has 0 radical (unpaired) electrons. The van der Waals surface area contributed by atoms with Crippen LogP contribution < -0.4 is 5.73 Å². The first-order chi connectivity index (χ1) is 10.1. The predicted octanol–water partition coefficient (Wildman–Crippen LogP) is 5.12. The second-order valence-electron chi connectivity index (χ2n) is 5.70. The molecular formula is C18H20BrNS. The summed E-state index contributed by atoms with van der Waals surface area (Å²) < 4.78 is 1.14. The first-order valence-corrected chi connectivity index (χ1v) is 9.11. The number of fused-ring (bicyclic) bond motifs is 1. The summed E-state index contributed by atoms with van der Waals surface area (Å²) in [5.41, 5.74) is 10.6. The molecule has 1 aliphatic rings. The molecule has 1 nitrogen and oxygen atoms in total. The summed E-state index contributed by atoms with van der Waals surface area (Å²) in [5.74, 6) is 0. The second-order valence-corrected chi connectivity index (χ2v) is 7.77. The summed E-state index contributed by atoms with van der Waals surface area (Å²) in [6.07, 6.45) is 3.76. The summed E-state index contributed by atoms with van der Waals surface area (Å²) in [6.45, 7) is 2.09. The van der Waals surface area contributed by atoms with Gasteiger partial charge in [0.15, 0.2) is 0 Å². The van der Waals surface area contributed by atoms with Gasteiger partial charge in [-0.1, -0.05) is 40.2 Å². The van der Waals surface area contributed by atoms with E-state index in [0.717, 1.165) is 4.47 Å². The Labute approximate surface area is 139 Å². The molecule has 2 unspecified atom stereocenters. The molecule has 21 heavy (non-hydrogen) atoms. The van der Waals surface area contributed by atoms with Gasteiger partial charge in [0, 0.05) is 15.4 Å². The molecule has 3 heteroatoms. The molecule has 2 aromatic rings. The Hall–Kier alpha value is -0.770. The Morgan fingerprint density at radius 3 is 2.62 bits per heavy atom. The molecule has 0 spiro atoms. The minimum absolute atomic E-state index is 0.0990. The van der Waals surface area contributed by atoms with Crippen LogP contribution in [0.2, 0.25) is 0 Å². The highest BCUT2D eigenvalue weighted by Gasteiger charge is 2.21. The lowest BCUT2D eigenvalue weighted by atomic mass is 10.1. The van der Waals surface area contributed by atoms with E-state index < -0.39 is 0 Å². The average Bonchev–Trinajstić information content (AvgIpc) is 2.93. The van der Waals surface area contributed by atoms with Gasteiger partial charge in [0.05, 0.1) is 5.25 Å². The van der Waals surface area contributed by atoms with Gasteiger partial charge in [-0.25, -0.2) is 0 Å². The summed E-state index contributed by atoms with van der Waals surface area (Å²) in [5, 5.41) is 0.264. The predicted molar refractivity (Wildman–Crippen MR) is 94.9 cm³/mol. The van der Waals surface area contributed by atoms with Crippen molar-refractivity contribution < 1.29 is 0 Å². The SMILES string of the molecule is CC(N)C(Sc1ccc2c(c1)CCC2)c1ccccc1Br. The van der Waals surface area contributed by atoms with Crippen LogP contribution in [0.5, 0.6) is 0 Å².